The highest BCUT2D eigenvalue weighted by atomic mass is 35.5. The molecule has 1 N–H and O–H groups in total. The first-order chi connectivity index (χ1) is 10.2. The topological polar surface area (TPSA) is 12.0 Å². The molecule has 3 heteroatoms. The minimum absolute atomic E-state index is 0.117. The molecule has 0 saturated heterocycles. The summed E-state index contributed by atoms with van der Waals surface area (Å²) in [4.78, 5) is 0. The van der Waals surface area contributed by atoms with Crippen molar-refractivity contribution < 1.29 is 4.39 Å². The minimum atomic E-state index is -0.117. The molecular weight excluding hydrogens is 285 g/mol. The maximum absolute atomic E-state index is 13.6. The van der Waals surface area contributed by atoms with Crippen LogP contribution < -0.4 is 5.32 Å². The fourth-order valence-electron chi connectivity index (χ4n) is 2.72. The van der Waals surface area contributed by atoms with Crippen molar-refractivity contribution in [2.75, 3.05) is 6.54 Å². The monoisotopic (exact) mass is 303 g/mol. The molecule has 0 heterocycles. The maximum Gasteiger partial charge on any atom is 0.126 e. The Balaban J connectivity index is 1.61. The first-order valence-corrected chi connectivity index (χ1v) is 7.84. The molecule has 1 unspecified atom stereocenters. The Morgan fingerprint density at radius 1 is 1.10 bits per heavy atom. The van der Waals surface area contributed by atoms with Crippen molar-refractivity contribution in [2.24, 2.45) is 5.92 Å². The Morgan fingerprint density at radius 3 is 2.48 bits per heavy atom. The summed E-state index contributed by atoms with van der Waals surface area (Å²) in [7, 11) is 0. The van der Waals surface area contributed by atoms with Crippen LogP contribution in [0.5, 0.6) is 0 Å². The van der Waals surface area contributed by atoms with E-state index < -0.39 is 0 Å². The van der Waals surface area contributed by atoms with E-state index in [1.165, 1.54) is 24.5 Å². The third kappa shape index (κ3) is 3.84. The summed E-state index contributed by atoms with van der Waals surface area (Å²) >= 11 is 5.95. The Morgan fingerprint density at radius 2 is 1.81 bits per heavy atom. The number of halogens is 2. The van der Waals surface area contributed by atoms with Crippen LogP contribution in [-0.2, 0) is 6.42 Å². The zero-order valence-electron chi connectivity index (χ0n) is 11.9. The molecule has 1 aliphatic carbocycles. The summed E-state index contributed by atoms with van der Waals surface area (Å²) in [6, 6.07) is 15.4. The SMILES string of the molecule is Fc1ccccc1CCNC(c1ccc(Cl)cc1)C1CC1. The van der Waals surface area contributed by atoms with Gasteiger partial charge in [-0.25, -0.2) is 4.39 Å². The van der Waals surface area contributed by atoms with Gasteiger partial charge in [-0.3, -0.25) is 0 Å². The second kappa shape index (κ2) is 6.59. The third-order valence-corrected chi connectivity index (χ3v) is 4.29. The van der Waals surface area contributed by atoms with Crippen LogP contribution >= 0.6 is 11.6 Å². The smallest absolute Gasteiger partial charge is 0.126 e. The van der Waals surface area contributed by atoms with Gasteiger partial charge in [-0.1, -0.05) is 41.9 Å². The lowest BCUT2D eigenvalue weighted by Gasteiger charge is -2.19. The molecule has 1 atom stereocenters. The molecule has 0 amide bonds. The summed E-state index contributed by atoms with van der Waals surface area (Å²) in [6.07, 6.45) is 3.24. The van der Waals surface area contributed by atoms with Crippen LogP contribution in [0.25, 0.3) is 0 Å². The van der Waals surface area contributed by atoms with Crippen molar-refractivity contribution >= 4 is 11.6 Å². The van der Waals surface area contributed by atoms with E-state index in [-0.39, 0.29) is 5.82 Å². The molecule has 0 bridgehead atoms. The van der Waals surface area contributed by atoms with Gasteiger partial charge in [0.25, 0.3) is 0 Å². The van der Waals surface area contributed by atoms with E-state index in [4.69, 9.17) is 11.6 Å². The van der Waals surface area contributed by atoms with E-state index in [0.29, 0.717) is 18.4 Å². The quantitative estimate of drug-likeness (QED) is 0.811. The molecule has 0 spiro atoms. The normalized spacial score (nSPS) is 15.9. The molecule has 1 fully saturated rings. The average Bonchev–Trinajstić information content (AvgIpc) is 3.31. The molecule has 21 heavy (non-hydrogen) atoms. The van der Waals surface area contributed by atoms with Crippen LogP contribution in [0, 0.1) is 11.7 Å². The maximum atomic E-state index is 13.6. The van der Waals surface area contributed by atoms with Crippen LogP contribution in [0.4, 0.5) is 4.39 Å². The van der Waals surface area contributed by atoms with Crippen molar-refractivity contribution in [3.63, 3.8) is 0 Å². The van der Waals surface area contributed by atoms with Gasteiger partial charge in [0.1, 0.15) is 5.82 Å². The van der Waals surface area contributed by atoms with Crippen molar-refractivity contribution in [1.82, 2.24) is 5.32 Å². The fourth-order valence-corrected chi connectivity index (χ4v) is 2.85. The number of hydrogen-bond donors (Lipinski definition) is 1. The molecule has 1 aliphatic rings. The molecule has 0 aliphatic heterocycles. The zero-order valence-corrected chi connectivity index (χ0v) is 12.6. The highest BCUT2D eigenvalue weighted by molar-refractivity contribution is 6.30. The molecular formula is C18H19ClFN. The van der Waals surface area contributed by atoms with Crippen LogP contribution in [0.2, 0.25) is 5.02 Å². The third-order valence-electron chi connectivity index (χ3n) is 4.04. The minimum Gasteiger partial charge on any atom is -0.309 e. The van der Waals surface area contributed by atoms with E-state index in [1.54, 1.807) is 6.07 Å². The van der Waals surface area contributed by atoms with Crippen molar-refractivity contribution in [3.8, 4) is 0 Å². The van der Waals surface area contributed by atoms with Gasteiger partial charge in [0.05, 0.1) is 0 Å². The van der Waals surface area contributed by atoms with E-state index in [0.717, 1.165) is 17.1 Å². The largest absolute Gasteiger partial charge is 0.309 e. The van der Waals surface area contributed by atoms with Gasteiger partial charge in [-0.05, 0) is 61.1 Å². The van der Waals surface area contributed by atoms with Crippen LogP contribution in [0.15, 0.2) is 48.5 Å². The number of hydrogen-bond acceptors (Lipinski definition) is 1. The summed E-state index contributed by atoms with van der Waals surface area (Å²) in [5.74, 6) is 0.584. The predicted octanol–water partition coefficient (Wildman–Crippen LogP) is 4.76. The number of benzene rings is 2. The van der Waals surface area contributed by atoms with E-state index in [9.17, 15) is 4.39 Å². The van der Waals surface area contributed by atoms with Gasteiger partial charge in [0.15, 0.2) is 0 Å². The number of rotatable bonds is 6. The van der Waals surface area contributed by atoms with Gasteiger partial charge in [0, 0.05) is 11.1 Å². The standard InChI is InChI=1S/C18H19ClFN/c19-16-9-7-15(8-10-16)18(14-5-6-14)21-12-11-13-3-1-2-4-17(13)20/h1-4,7-10,14,18,21H,5-6,11-12H2. The van der Waals surface area contributed by atoms with Gasteiger partial charge in [-0.15, -0.1) is 0 Å². The molecule has 0 aromatic heterocycles. The lowest BCUT2D eigenvalue weighted by molar-refractivity contribution is 0.481. The summed E-state index contributed by atoms with van der Waals surface area (Å²) in [5.41, 5.74) is 2.05. The van der Waals surface area contributed by atoms with Crippen LogP contribution in [0.3, 0.4) is 0 Å². The molecule has 1 nitrogen and oxygen atoms in total. The lowest BCUT2D eigenvalue weighted by Crippen LogP contribution is -2.25. The molecule has 2 aromatic rings. The van der Waals surface area contributed by atoms with Crippen LogP contribution in [-0.4, -0.2) is 6.54 Å². The number of nitrogens with one attached hydrogen (secondary N) is 1. The van der Waals surface area contributed by atoms with Gasteiger partial charge >= 0.3 is 0 Å². The fraction of sp³-hybridized carbons (Fsp3) is 0.333. The highest BCUT2D eigenvalue weighted by Crippen LogP contribution is 2.41. The van der Waals surface area contributed by atoms with Crippen molar-refractivity contribution in [3.05, 3.63) is 70.5 Å². The lowest BCUT2D eigenvalue weighted by atomic mass is 10.0. The first kappa shape index (κ1) is 14.6. The molecule has 0 radical (unpaired) electrons. The molecule has 1 saturated carbocycles. The highest BCUT2D eigenvalue weighted by Gasteiger charge is 2.31. The second-order valence-electron chi connectivity index (χ2n) is 5.66. The van der Waals surface area contributed by atoms with Gasteiger partial charge < -0.3 is 5.32 Å². The Bertz CT molecular complexity index is 592. The summed E-state index contributed by atoms with van der Waals surface area (Å²) < 4.78 is 13.6. The predicted molar refractivity (Wildman–Crippen MR) is 85.0 cm³/mol. The van der Waals surface area contributed by atoms with E-state index in [1.807, 2.05) is 24.3 Å². The summed E-state index contributed by atoms with van der Waals surface area (Å²) in [6.45, 7) is 0.782. The Hall–Kier alpha value is -1.38. The molecule has 3 rings (SSSR count). The average molecular weight is 304 g/mol. The molecule has 2 aromatic carbocycles. The second-order valence-corrected chi connectivity index (χ2v) is 6.10. The van der Waals surface area contributed by atoms with Gasteiger partial charge in [-0.2, -0.15) is 0 Å². The Kier molecular flexibility index (Phi) is 4.57. The first-order valence-electron chi connectivity index (χ1n) is 7.46. The summed E-state index contributed by atoms with van der Waals surface area (Å²) in [5, 5.41) is 4.35. The van der Waals surface area contributed by atoms with Crippen molar-refractivity contribution in [2.45, 2.75) is 25.3 Å². The Labute approximate surface area is 130 Å². The van der Waals surface area contributed by atoms with Crippen molar-refractivity contribution in [1.29, 1.82) is 0 Å². The van der Waals surface area contributed by atoms with E-state index in [2.05, 4.69) is 17.4 Å². The van der Waals surface area contributed by atoms with Gasteiger partial charge in [0.2, 0.25) is 0 Å². The zero-order chi connectivity index (χ0) is 14.7. The van der Waals surface area contributed by atoms with Crippen LogP contribution in [0.1, 0.15) is 30.0 Å². The molecule has 110 valence electrons. The van der Waals surface area contributed by atoms with E-state index >= 15 is 0 Å².